The number of ether oxygens (including phenoxy) is 1. The lowest BCUT2D eigenvalue weighted by molar-refractivity contribution is -0.139. The average molecular weight is 371 g/mol. The van der Waals surface area contributed by atoms with Gasteiger partial charge in [-0.15, -0.1) is 5.37 Å². The molecule has 0 aromatic heterocycles. The number of nitrogens with one attached hydrogen (secondary N) is 1. The Kier molecular flexibility index (Phi) is 5.81. The molecule has 1 aromatic rings. The first kappa shape index (κ1) is 17.5. The molecule has 0 radical (unpaired) electrons. The van der Waals surface area contributed by atoms with Crippen molar-refractivity contribution >= 4 is 66.4 Å². The Hall–Kier alpha value is -1.83. The van der Waals surface area contributed by atoms with Gasteiger partial charge in [-0.2, -0.15) is 4.86 Å². The minimum absolute atomic E-state index is 0.195. The van der Waals surface area contributed by atoms with Crippen LogP contribution < -0.4 is 10.1 Å². The zero-order valence-electron chi connectivity index (χ0n) is 12.0. The molecule has 0 unspecified atom stereocenters. The van der Waals surface area contributed by atoms with Crippen LogP contribution in [0.25, 0.3) is 6.08 Å². The number of hydrogen-bond acceptors (Lipinski definition) is 5. The number of thiocarbonyl (C=S) groups is 1. The van der Waals surface area contributed by atoms with Crippen LogP contribution in [-0.2, 0) is 19.7 Å². The average Bonchev–Trinajstić information content (AvgIpc) is 2.82. The van der Waals surface area contributed by atoms with Crippen LogP contribution in [-0.4, -0.2) is 38.1 Å². The first-order chi connectivity index (χ1) is 10.9. The Morgan fingerprint density at radius 3 is 2.87 bits per heavy atom. The standard InChI is InChI=1S/C15H13ClNO4S2/c1-9(23-8-13(18)17-15(23)22)2-3-10-6-11(16)4-5-12(10)21-7-14(19)20/h2-6,8H,7H2,1H3,(H,19,20)(H,17,18,22)/q-1. The smallest absolute Gasteiger partial charge is 0.341 e. The summed E-state index contributed by atoms with van der Waals surface area (Å²) in [5.74, 6) is -0.842. The van der Waals surface area contributed by atoms with E-state index >= 15 is 0 Å². The number of hydrogen-bond donors (Lipinski definition) is 2. The molecule has 0 saturated carbocycles. The highest BCUT2D eigenvalue weighted by atomic mass is 35.5. The van der Waals surface area contributed by atoms with Crippen molar-refractivity contribution in [2.75, 3.05) is 6.61 Å². The number of aliphatic carboxylic acids is 1. The lowest BCUT2D eigenvalue weighted by atomic mass is 10.2. The van der Waals surface area contributed by atoms with Gasteiger partial charge in [-0.05, 0) is 22.5 Å². The summed E-state index contributed by atoms with van der Waals surface area (Å²) >= 11 is 11.1. The second kappa shape index (κ2) is 7.63. The predicted molar refractivity (Wildman–Crippen MR) is 98.5 cm³/mol. The van der Waals surface area contributed by atoms with Gasteiger partial charge in [-0.25, -0.2) is 4.79 Å². The van der Waals surface area contributed by atoms with Crippen molar-refractivity contribution in [2.45, 2.75) is 6.92 Å². The maximum absolute atomic E-state index is 11.3. The fourth-order valence-electron chi connectivity index (χ4n) is 1.79. The largest absolute Gasteiger partial charge is 0.481 e. The quantitative estimate of drug-likeness (QED) is 0.470. The maximum atomic E-state index is 11.3. The normalized spacial score (nSPS) is 17.8. The van der Waals surface area contributed by atoms with Crippen molar-refractivity contribution < 1.29 is 19.4 Å². The Morgan fingerprint density at radius 2 is 2.26 bits per heavy atom. The SMILES string of the molecule is CC(C=Cc1cc(Cl)ccc1OCC(=O)O)=[S-]1=CC(=O)NC1=S. The second-order valence-corrected chi connectivity index (χ2v) is 7.61. The molecule has 122 valence electrons. The van der Waals surface area contributed by atoms with E-state index in [0.717, 1.165) is 4.86 Å². The zero-order chi connectivity index (χ0) is 17.0. The van der Waals surface area contributed by atoms with Crippen LogP contribution in [0.1, 0.15) is 12.5 Å². The van der Waals surface area contributed by atoms with E-state index in [0.29, 0.717) is 20.7 Å². The van der Waals surface area contributed by atoms with E-state index in [9.17, 15) is 9.59 Å². The van der Waals surface area contributed by atoms with Crippen LogP contribution in [0.4, 0.5) is 0 Å². The van der Waals surface area contributed by atoms with Gasteiger partial charge in [0.2, 0.25) is 5.91 Å². The molecule has 0 saturated heterocycles. The molecule has 0 bridgehead atoms. The Balaban J connectivity index is 2.32. The van der Waals surface area contributed by atoms with Gasteiger partial charge < -0.3 is 25.2 Å². The zero-order valence-corrected chi connectivity index (χ0v) is 14.4. The fourth-order valence-corrected chi connectivity index (χ4v) is 3.89. The highest BCUT2D eigenvalue weighted by molar-refractivity contribution is 8.19. The topological polar surface area (TPSA) is 75.6 Å². The van der Waals surface area contributed by atoms with Crippen molar-refractivity contribution in [1.82, 2.24) is 5.32 Å². The van der Waals surface area contributed by atoms with E-state index in [2.05, 4.69) is 5.32 Å². The molecular formula is C15H13ClNO4S2-. The van der Waals surface area contributed by atoms with Gasteiger partial charge >= 0.3 is 5.97 Å². The van der Waals surface area contributed by atoms with Gasteiger partial charge in [0.05, 0.1) is 0 Å². The molecule has 2 N–H and O–H groups in total. The van der Waals surface area contributed by atoms with Crippen LogP contribution in [0, 0.1) is 0 Å². The van der Waals surface area contributed by atoms with Crippen LogP contribution in [0.15, 0.2) is 24.3 Å². The lowest BCUT2D eigenvalue weighted by Crippen LogP contribution is -2.21. The number of carboxylic acids is 1. The van der Waals surface area contributed by atoms with E-state index in [-0.39, 0.29) is 5.91 Å². The predicted octanol–water partition coefficient (Wildman–Crippen LogP) is 1.84. The minimum atomic E-state index is -1.06. The molecule has 8 heteroatoms. The first-order valence-electron chi connectivity index (χ1n) is 6.45. The van der Waals surface area contributed by atoms with E-state index in [1.54, 1.807) is 29.6 Å². The summed E-state index contributed by atoms with van der Waals surface area (Å²) in [6.45, 7) is 1.43. The first-order valence-corrected chi connectivity index (χ1v) is 8.53. The number of allylic oxidation sites excluding steroid dienone is 1. The fraction of sp³-hybridized carbons (Fsp3) is 0.133. The van der Waals surface area contributed by atoms with Gasteiger partial charge in [0, 0.05) is 10.6 Å². The van der Waals surface area contributed by atoms with Crippen molar-refractivity contribution in [3.05, 3.63) is 34.9 Å². The van der Waals surface area contributed by atoms with Crippen LogP contribution in [0.2, 0.25) is 5.02 Å². The number of benzene rings is 1. The molecule has 0 spiro atoms. The van der Waals surface area contributed by atoms with Crippen LogP contribution in [0.5, 0.6) is 5.75 Å². The molecule has 1 aliphatic rings. The van der Waals surface area contributed by atoms with Crippen LogP contribution >= 0.6 is 23.8 Å². The Morgan fingerprint density at radius 1 is 1.52 bits per heavy atom. The third-order valence-electron chi connectivity index (χ3n) is 2.82. The molecular weight excluding hydrogens is 358 g/mol. The summed E-state index contributed by atoms with van der Waals surface area (Å²) in [5, 5.41) is 13.3. The molecule has 0 aliphatic carbocycles. The summed E-state index contributed by atoms with van der Waals surface area (Å²) in [7, 11) is -0.536. The molecule has 23 heavy (non-hydrogen) atoms. The van der Waals surface area contributed by atoms with Crippen molar-refractivity contribution in [1.29, 1.82) is 0 Å². The number of carboxylic acid groups (broad SMARTS) is 1. The van der Waals surface area contributed by atoms with Gasteiger partial charge in [0.1, 0.15) is 5.75 Å². The highest BCUT2D eigenvalue weighted by Gasteiger charge is 2.05. The summed E-state index contributed by atoms with van der Waals surface area (Å²) in [6.07, 6.45) is 3.57. The van der Waals surface area contributed by atoms with Gasteiger partial charge in [0.25, 0.3) is 0 Å². The van der Waals surface area contributed by atoms with Crippen LogP contribution in [0.3, 0.4) is 0 Å². The van der Waals surface area contributed by atoms with Crippen molar-refractivity contribution in [3.8, 4) is 5.75 Å². The number of carbonyl (C=O) groups is 2. The van der Waals surface area contributed by atoms with Crippen molar-refractivity contribution in [2.24, 2.45) is 0 Å². The summed E-state index contributed by atoms with van der Waals surface area (Å²) in [5.41, 5.74) is 0.645. The third-order valence-corrected chi connectivity index (χ3v) is 5.47. The third kappa shape index (κ3) is 4.82. The molecule has 1 aliphatic heterocycles. The van der Waals surface area contributed by atoms with E-state index in [1.165, 1.54) is 0 Å². The van der Waals surface area contributed by atoms with Gasteiger partial charge in [-0.3, -0.25) is 4.79 Å². The maximum Gasteiger partial charge on any atom is 0.341 e. The molecule has 0 fully saturated rings. The van der Waals surface area contributed by atoms with E-state index < -0.39 is 22.6 Å². The van der Waals surface area contributed by atoms with Gasteiger partial charge in [-0.1, -0.05) is 42.9 Å². The number of carbonyl (C=O) groups excluding carboxylic acids is 1. The Labute approximate surface area is 145 Å². The number of halogens is 1. The second-order valence-electron chi connectivity index (χ2n) is 4.54. The lowest BCUT2D eigenvalue weighted by Gasteiger charge is -2.11. The van der Waals surface area contributed by atoms with Gasteiger partial charge in [0.15, 0.2) is 6.61 Å². The summed E-state index contributed by atoms with van der Waals surface area (Å²) in [6, 6.07) is 4.91. The number of amides is 1. The van der Waals surface area contributed by atoms with E-state index in [4.69, 9.17) is 33.7 Å². The van der Waals surface area contributed by atoms with E-state index in [1.807, 2.05) is 13.0 Å². The minimum Gasteiger partial charge on any atom is -0.481 e. The molecule has 1 amide bonds. The molecule has 1 heterocycles. The molecule has 5 nitrogen and oxygen atoms in total. The monoisotopic (exact) mass is 370 g/mol. The molecule has 0 atom stereocenters. The molecule has 1 aromatic carbocycles. The summed E-state index contributed by atoms with van der Waals surface area (Å²) in [4.78, 5) is 22.8. The highest BCUT2D eigenvalue weighted by Crippen LogP contribution is 2.24. The number of rotatable bonds is 5. The summed E-state index contributed by atoms with van der Waals surface area (Å²) < 4.78 is 5.72. The molecule has 2 rings (SSSR count). The van der Waals surface area contributed by atoms with Crippen molar-refractivity contribution in [3.63, 3.8) is 0 Å². The Bertz CT molecular complexity index is 808.